The number of carbonyl (C=O) groups is 1. The van der Waals surface area contributed by atoms with Crippen molar-refractivity contribution in [3.05, 3.63) is 20.3 Å². The van der Waals surface area contributed by atoms with E-state index in [1.54, 1.807) is 6.07 Å². The van der Waals surface area contributed by atoms with Crippen molar-refractivity contribution in [1.82, 2.24) is 4.90 Å². The zero-order valence-electron chi connectivity index (χ0n) is 9.73. The van der Waals surface area contributed by atoms with Crippen LogP contribution in [0.2, 0.25) is 8.67 Å². The van der Waals surface area contributed by atoms with E-state index in [0.717, 1.165) is 25.9 Å². The van der Waals surface area contributed by atoms with Gasteiger partial charge in [0.25, 0.3) is 5.91 Å². The highest BCUT2D eigenvalue weighted by atomic mass is 35.5. The van der Waals surface area contributed by atoms with Gasteiger partial charge < -0.3 is 10.6 Å². The third-order valence-electron chi connectivity index (χ3n) is 4.09. The van der Waals surface area contributed by atoms with Gasteiger partial charge in [0.1, 0.15) is 4.34 Å². The Bertz CT molecular complexity index is 490. The summed E-state index contributed by atoms with van der Waals surface area (Å²) < 4.78 is 1.03. The van der Waals surface area contributed by atoms with Crippen molar-refractivity contribution in [3.63, 3.8) is 0 Å². The van der Waals surface area contributed by atoms with Gasteiger partial charge >= 0.3 is 0 Å². The van der Waals surface area contributed by atoms with Crippen LogP contribution in [0.3, 0.4) is 0 Å². The van der Waals surface area contributed by atoms with Crippen LogP contribution in [0.4, 0.5) is 0 Å². The summed E-state index contributed by atoms with van der Waals surface area (Å²) in [6, 6.07) is 1.90. The number of carbonyl (C=O) groups excluding carboxylic acids is 1. The van der Waals surface area contributed by atoms with E-state index in [-0.39, 0.29) is 11.9 Å². The zero-order valence-corrected chi connectivity index (χ0v) is 12.1. The molecular weight excluding hydrogens is 291 g/mol. The number of thiophene rings is 1. The maximum Gasteiger partial charge on any atom is 0.256 e. The standard InChI is InChI=1S/C12H14Cl2N2OS/c13-10-3-7(11(14)18-10)12(17)16-4-6-1-2-9(15)8(6)5-16/h3,6,8-9H,1-2,4-5,15H2. The summed E-state index contributed by atoms with van der Waals surface area (Å²) in [6.07, 6.45) is 2.22. The number of hydrogen-bond acceptors (Lipinski definition) is 3. The van der Waals surface area contributed by atoms with Crippen molar-refractivity contribution in [1.29, 1.82) is 0 Å². The molecule has 0 aromatic carbocycles. The highest BCUT2D eigenvalue weighted by Crippen LogP contribution is 2.39. The topological polar surface area (TPSA) is 46.3 Å². The van der Waals surface area contributed by atoms with E-state index in [1.165, 1.54) is 11.3 Å². The molecule has 2 N–H and O–H groups in total. The van der Waals surface area contributed by atoms with E-state index in [2.05, 4.69) is 0 Å². The highest BCUT2D eigenvalue weighted by Gasteiger charge is 2.42. The van der Waals surface area contributed by atoms with Crippen LogP contribution in [0.15, 0.2) is 6.07 Å². The van der Waals surface area contributed by atoms with E-state index in [1.807, 2.05) is 4.90 Å². The molecule has 18 heavy (non-hydrogen) atoms. The summed E-state index contributed by atoms with van der Waals surface area (Å²) in [5, 5.41) is 0. The fraction of sp³-hybridized carbons (Fsp3) is 0.583. The summed E-state index contributed by atoms with van der Waals surface area (Å²) >= 11 is 13.1. The van der Waals surface area contributed by atoms with Gasteiger partial charge in [-0.25, -0.2) is 0 Å². The minimum absolute atomic E-state index is 0.00949. The second kappa shape index (κ2) is 4.67. The minimum Gasteiger partial charge on any atom is -0.338 e. The Morgan fingerprint density at radius 2 is 2.17 bits per heavy atom. The summed E-state index contributed by atoms with van der Waals surface area (Å²) in [5.74, 6) is 1.02. The quantitative estimate of drug-likeness (QED) is 0.867. The normalized spacial score (nSPS) is 30.8. The molecule has 0 radical (unpaired) electrons. The lowest BCUT2D eigenvalue weighted by molar-refractivity contribution is 0.0780. The number of nitrogens with zero attached hydrogens (tertiary/aromatic N) is 1. The van der Waals surface area contributed by atoms with Crippen molar-refractivity contribution in [2.45, 2.75) is 18.9 Å². The first-order valence-electron chi connectivity index (χ1n) is 6.06. The van der Waals surface area contributed by atoms with Crippen molar-refractivity contribution in [2.24, 2.45) is 17.6 Å². The van der Waals surface area contributed by atoms with Gasteiger partial charge in [-0.2, -0.15) is 0 Å². The van der Waals surface area contributed by atoms with Crippen LogP contribution in [0.25, 0.3) is 0 Å². The Morgan fingerprint density at radius 1 is 1.39 bits per heavy atom. The molecule has 1 aromatic heterocycles. The molecule has 1 amide bonds. The zero-order chi connectivity index (χ0) is 12.9. The van der Waals surface area contributed by atoms with Crippen molar-refractivity contribution >= 4 is 40.4 Å². The van der Waals surface area contributed by atoms with E-state index in [9.17, 15) is 4.79 Å². The molecule has 0 spiro atoms. The van der Waals surface area contributed by atoms with Gasteiger partial charge in [0.15, 0.2) is 0 Å². The van der Waals surface area contributed by atoms with Crippen LogP contribution in [0, 0.1) is 11.8 Å². The molecule has 1 aliphatic carbocycles. The monoisotopic (exact) mass is 304 g/mol. The molecule has 6 heteroatoms. The second-order valence-corrected chi connectivity index (χ2v) is 7.40. The van der Waals surface area contributed by atoms with Crippen LogP contribution in [-0.4, -0.2) is 29.9 Å². The van der Waals surface area contributed by atoms with Crippen molar-refractivity contribution in [2.75, 3.05) is 13.1 Å². The van der Waals surface area contributed by atoms with E-state index < -0.39 is 0 Å². The number of rotatable bonds is 1. The van der Waals surface area contributed by atoms with Crippen LogP contribution in [0.5, 0.6) is 0 Å². The molecule has 1 aliphatic heterocycles. The Kier molecular flexibility index (Phi) is 3.30. The lowest BCUT2D eigenvalue weighted by Crippen LogP contribution is -2.33. The highest BCUT2D eigenvalue weighted by molar-refractivity contribution is 7.20. The van der Waals surface area contributed by atoms with E-state index in [0.29, 0.717) is 26.1 Å². The predicted octanol–water partition coefficient (Wildman–Crippen LogP) is 2.86. The molecule has 0 bridgehead atoms. The molecule has 3 unspecified atom stereocenters. The summed E-state index contributed by atoms with van der Waals surface area (Å²) in [7, 11) is 0. The number of fused-ring (bicyclic) bond motifs is 1. The van der Waals surface area contributed by atoms with Gasteiger partial charge in [0.05, 0.1) is 9.90 Å². The summed E-state index contributed by atoms with van der Waals surface area (Å²) in [5.41, 5.74) is 6.60. The molecule has 2 aliphatic rings. The Hall–Kier alpha value is -0.290. The minimum atomic E-state index is -0.00949. The molecule has 2 heterocycles. The smallest absolute Gasteiger partial charge is 0.256 e. The summed E-state index contributed by atoms with van der Waals surface area (Å²) in [4.78, 5) is 14.2. The Balaban J connectivity index is 1.77. The molecular formula is C12H14Cl2N2OS. The predicted molar refractivity (Wildman–Crippen MR) is 74.4 cm³/mol. The number of nitrogens with two attached hydrogens (primary N) is 1. The van der Waals surface area contributed by atoms with Gasteiger partial charge in [0.2, 0.25) is 0 Å². The average molecular weight is 305 g/mol. The first-order chi connectivity index (χ1) is 8.56. The van der Waals surface area contributed by atoms with Gasteiger partial charge in [0, 0.05) is 19.1 Å². The largest absolute Gasteiger partial charge is 0.338 e. The maximum absolute atomic E-state index is 12.4. The lowest BCUT2D eigenvalue weighted by atomic mass is 9.98. The molecule has 3 nitrogen and oxygen atoms in total. The molecule has 1 saturated carbocycles. The van der Waals surface area contributed by atoms with Crippen LogP contribution in [-0.2, 0) is 0 Å². The molecule has 1 saturated heterocycles. The van der Waals surface area contributed by atoms with Gasteiger partial charge in [-0.1, -0.05) is 23.2 Å². The Morgan fingerprint density at radius 3 is 2.78 bits per heavy atom. The fourth-order valence-corrected chi connectivity index (χ4v) is 4.58. The summed E-state index contributed by atoms with van der Waals surface area (Å²) in [6.45, 7) is 1.56. The van der Waals surface area contributed by atoms with Crippen LogP contribution >= 0.6 is 34.5 Å². The lowest BCUT2D eigenvalue weighted by Gasteiger charge is -2.18. The van der Waals surface area contributed by atoms with Gasteiger partial charge in [-0.15, -0.1) is 11.3 Å². The third-order valence-corrected chi connectivity index (χ3v) is 5.57. The SMILES string of the molecule is NC1CCC2CN(C(=O)c3cc(Cl)sc3Cl)CC12. The Labute approximate surface area is 120 Å². The van der Waals surface area contributed by atoms with Crippen LogP contribution in [0.1, 0.15) is 23.2 Å². The molecule has 98 valence electrons. The van der Waals surface area contributed by atoms with Gasteiger partial charge in [-0.05, 0) is 30.7 Å². The van der Waals surface area contributed by atoms with Crippen molar-refractivity contribution in [3.8, 4) is 0 Å². The number of amides is 1. The van der Waals surface area contributed by atoms with Gasteiger partial charge in [-0.3, -0.25) is 4.79 Å². The molecule has 3 atom stereocenters. The fourth-order valence-electron chi connectivity index (χ4n) is 3.13. The molecule has 1 aromatic rings. The van der Waals surface area contributed by atoms with E-state index in [4.69, 9.17) is 28.9 Å². The molecule has 3 rings (SSSR count). The number of likely N-dealkylation sites (tertiary alicyclic amines) is 1. The van der Waals surface area contributed by atoms with Crippen molar-refractivity contribution < 1.29 is 4.79 Å². The number of hydrogen-bond donors (Lipinski definition) is 1. The maximum atomic E-state index is 12.4. The van der Waals surface area contributed by atoms with E-state index >= 15 is 0 Å². The average Bonchev–Trinajstić information content (AvgIpc) is 2.96. The number of halogens is 2. The third kappa shape index (κ3) is 2.05. The first kappa shape index (κ1) is 12.7. The molecule has 2 fully saturated rings. The van der Waals surface area contributed by atoms with Crippen LogP contribution < -0.4 is 5.73 Å². The second-order valence-electron chi connectivity index (χ2n) is 5.11. The first-order valence-corrected chi connectivity index (χ1v) is 7.63.